The smallest absolute Gasteiger partial charge is 0.306 e. The fraction of sp³-hybridized carbons (Fsp3) is 0.579. The summed E-state index contributed by atoms with van der Waals surface area (Å²) in [4.78, 5) is 96.2. The Kier molecular flexibility index (Phi) is 37.7. The van der Waals surface area contributed by atoms with Crippen molar-refractivity contribution in [2.45, 2.75) is 228 Å². The van der Waals surface area contributed by atoms with Gasteiger partial charge >= 0.3 is 11.9 Å². The molecule has 9 rings (SSSR count). The van der Waals surface area contributed by atoms with E-state index in [1.165, 1.54) is 23.1 Å². The van der Waals surface area contributed by atoms with Gasteiger partial charge in [-0.2, -0.15) is 0 Å². The van der Waals surface area contributed by atoms with Crippen LogP contribution in [0.3, 0.4) is 0 Å². The number of carbonyl (C=O) groups excluding carboxylic acids is 6. The third kappa shape index (κ3) is 29.3. The molecule has 0 spiro atoms. The molecule has 97 heavy (non-hydrogen) atoms. The van der Waals surface area contributed by atoms with Crippen LogP contribution >= 0.6 is 0 Å². The van der Waals surface area contributed by atoms with Crippen LogP contribution < -0.4 is 42.0 Å². The van der Waals surface area contributed by atoms with Gasteiger partial charge in [-0.15, -0.1) is 0 Å². The number of allylic oxidation sites excluding steroid dienone is 3. The normalized spacial score (nSPS) is 20.9. The molecule has 2 amide bonds. The van der Waals surface area contributed by atoms with Crippen LogP contribution in [0.1, 0.15) is 178 Å². The van der Waals surface area contributed by atoms with Crippen LogP contribution in [0.5, 0.6) is 17.2 Å². The fourth-order valence-electron chi connectivity index (χ4n) is 10.6. The number of carboxylic acid groups (broad SMARTS) is 2. The molecular weight excluding hydrogens is 1240 g/mol. The number of amides is 2. The lowest BCUT2D eigenvalue weighted by atomic mass is 9.90. The van der Waals surface area contributed by atoms with Crippen molar-refractivity contribution in [2.24, 2.45) is 35.0 Å². The maximum Gasteiger partial charge on any atom is 0.306 e. The lowest BCUT2D eigenvalue weighted by Crippen LogP contribution is -2.51. The summed E-state index contributed by atoms with van der Waals surface area (Å²) in [6.07, 6.45) is 19.2. The summed E-state index contributed by atoms with van der Waals surface area (Å²) in [5, 5.41) is 22.5. The van der Waals surface area contributed by atoms with E-state index in [-0.39, 0.29) is 89.0 Å². The molecule has 3 heterocycles. The number of rotatable bonds is 30. The molecule has 0 bridgehead atoms. The molecule has 0 radical (unpaired) electrons. The van der Waals surface area contributed by atoms with Gasteiger partial charge in [0.2, 0.25) is 11.8 Å². The quantitative estimate of drug-likeness (QED) is 0.0241. The number of methoxy groups -OCH3 is 3. The Labute approximate surface area is 577 Å². The minimum Gasteiger partial charge on any atom is -0.497 e. The van der Waals surface area contributed by atoms with E-state index in [1.54, 1.807) is 62.9 Å². The van der Waals surface area contributed by atoms with E-state index in [0.717, 1.165) is 91.7 Å². The number of epoxide rings is 3. The molecule has 0 saturated carbocycles. The van der Waals surface area contributed by atoms with E-state index in [2.05, 4.69) is 28.9 Å². The first kappa shape index (κ1) is 87.6. The summed E-state index contributed by atoms with van der Waals surface area (Å²) in [7, 11) is 4.80. The highest BCUT2D eigenvalue weighted by Gasteiger charge is 2.52. The van der Waals surface area contributed by atoms with Gasteiger partial charge < -0.3 is 66.5 Å². The third-order valence-electron chi connectivity index (χ3n) is 17.3. The zero-order chi connectivity index (χ0) is 68.6. The van der Waals surface area contributed by atoms with Crippen LogP contribution in [0.4, 0.5) is 0 Å². The van der Waals surface area contributed by atoms with E-state index in [9.17, 15) is 38.4 Å². The second-order valence-electron chi connectivity index (χ2n) is 25.9. The number of hydrogen-bond acceptors (Lipinski definition) is 17. The van der Waals surface area contributed by atoms with Gasteiger partial charge in [0.05, 0.1) is 83.2 Å². The topological polar surface area (TPSA) is 344 Å². The average molecular weight is 1360 g/mol. The van der Waals surface area contributed by atoms with E-state index in [1.807, 2.05) is 79.7 Å². The molecule has 10 N–H and O–H groups in total. The SMILES string of the molecule is C.C.C.C.CC(C)C(=O)O.COc1ccc(C[C@H](C)C(=O)O)cc1.COc1ccc(C[C@H](CC(=O)[C@H](C)N)C(=O)N[C@@H](CC2=CCCC2)C(=O)[C@@]2(C)CO2)cc1.COc1ccc(C[C@H](N)C(=O)N[C@@H](CC2=CCCC2)C(=O)[C@@]2(C)CO2)cc1.C[C@]1(C(=O)[C@@H](N)CC2=CCCC2)CO1. The predicted octanol–water partition coefficient (Wildman–Crippen LogP) is 10.8. The van der Waals surface area contributed by atoms with Gasteiger partial charge in [0, 0.05) is 12.3 Å². The molecule has 3 fully saturated rings. The van der Waals surface area contributed by atoms with E-state index in [0.29, 0.717) is 51.9 Å². The summed E-state index contributed by atoms with van der Waals surface area (Å²) in [6, 6.07) is 19.3. The summed E-state index contributed by atoms with van der Waals surface area (Å²) < 4.78 is 31.1. The van der Waals surface area contributed by atoms with Gasteiger partial charge in [-0.1, -0.05) is 122 Å². The number of carboxylic acids is 2. The molecule has 3 aromatic carbocycles. The predicted molar refractivity (Wildman–Crippen MR) is 381 cm³/mol. The van der Waals surface area contributed by atoms with E-state index < -0.39 is 58.8 Å². The van der Waals surface area contributed by atoms with Gasteiger partial charge in [-0.25, -0.2) is 0 Å². The molecule has 10 atom stereocenters. The molecule has 542 valence electrons. The Morgan fingerprint density at radius 1 is 0.474 bits per heavy atom. The highest BCUT2D eigenvalue weighted by atomic mass is 16.6. The highest BCUT2D eigenvalue weighted by Crippen LogP contribution is 2.34. The van der Waals surface area contributed by atoms with E-state index >= 15 is 0 Å². The second kappa shape index (κ2) is 41.8. The van der Waals surface area contributed by atoms with Crippen LogP contribution in [0.25, 0.3) is 0 Å². The Morgan fingerprint density at radius 3 is 1.11 bits per heavy atom. The molecule has 21 nitrogen and oxygen atoms in total. The number of hydrogen-bond donors (Lipinski definition) is 7. The van der Waals surface area contributed by atoms with Gasteiger partial charge in [0.1, 0.15) is 39.8 Å². The number of ether oxygens (including phenoxy) is 6. The Morgan fingerprint density at radius 2 is 0.804 bits per heavy atom. The first-order chi connectivity index (χ1) is 44.0. The largest absolute Gasteiger partial charge is 0.497 e. The minimum absolute atomic E-state index is 0. The Bertz CT molecular complexity index is 3090. The molecule has 3 aliphatic carbocycles. The number of aliphatic carboxylic acids is 2. The highest BCUT2D eigenvalue weighted by molar-refractivity contribution is 5.99. The van der Waals surface area contributed by atoms with Gasteiger partial charge in [-0.05, 0) is 177 Å². The van der Waals surface area contributed by atoms with Crippen molar-refractivity contribution >= 4 is 46.9 Å². The van der Waals surface area contributed by atoms with Crippen LogP contribution in [0, 0.1) is 17.8 Å². The summed E-state index contributed by atoms with van der Waals surface area (Å²) in [5.41, 5.74) is 22.2. The summed E-state index contributed by atoms with van der Waals surface area (Å²) in [5.74, 6) is -1.37. The molecule has 21 heteroatoms. The standard InChI is InChI=1S/C25H34N2O5.C21H28N2O4.C11H17NO2.C11H14O3.C4H8O2.4CH4/c1-16(26)22(28)14-19(12-18-8-10-20(31-3)11-9-18)24(30)27-21(13-17-6-4-5-7-17)23(29)25(2)15-32-25;1-21(13-27-21)19(24)18(12-14-5-3-4-6-14)23-20(25)17(22)11-15-7-9-16(26-2)10-8-15;1-11(7-14-11)10(13)9(12)6-8-4-2-3-5-8;1-8(11(12)13)7-9-3-5-10(14-2)6-4-9;1-3(2)4(5)6;;;;/h6,8-11,16,19,21H,4-5,7,12-15,26H2,1-3H3,(H,27,30);5,7-10,17-18H,3-4,6,11-13,22H2,1-2H3,(H,23,25);4,9H,2-3,5-7,12H2,1H3;3-6,8H,7H2,1-2H3,(H,12,13);3H,1-2H3,(H,5,6);4*1H4/t16-,19+,21-,25+;17-,18-,21+;9-,11+;8-;;;;;/m0000...../s1. The lowest BCUT2D eigenvalue weighted by Gasteiger charge is -2.24. The van der Waals surface area contributed by atoms with Crippen molar-refractivity contribution in [3.8, 4) is 17.2 Å². The molecule has 0 aromatic heterocycles. The monoisotopic (exact) mass is 1360 g/mol. The van der Waals surface area contributed by atoms with Crippen molar-refractivity contribution in [3.63, 3.8) is 0 Å². The Hall–Kier alpha value is -7.40. The molecule has 3 saturated heterocycles. The third-order valence-corrected chi connectivity index (χ3v) is 17.3. The number of nitrogens with one attached hydrogen (secondary N) is 2. The zero-order valence-electron chi connectivity index (χ0n) is 56.1. The lowest BCUT2D eigenvalue weighted by molar-refractivity contribution is -0.141. The molecule has 3 aliphatic heterocycles. The maximum atomic E-state index is 13.3. The number of Topliss-reactive ketones (excluding diaryl/α,β-unsaturated/α-hetero) is 4. The van der Waals surface area contributed by atoms with Crippen LogP contribution in [-0.4, -0.2) is 145 Å². The van der Waals surface area contributed by atoms with Gasteiger partial charge in [-0.3, -0.25) is 38.4 Å². The number of nitrogens with two attached hydrogens (primary N) is 3. The van der Waals surface area contributed by atoms with Crippen LogP contribution in [-0.2, 0) is 71.8 Å². The van der Waals surface area contributed by atoms with Crippen molar-refractivity contribution in [2.75, 3.05) is 41.2 Å². The molecule has 6 aliphatic rings. The average Bonchev–Trinajstić information content (AvgIpc) is 1.66. The molecule has 0 unspecified atom stereocenters. The van der Waals surface area contributed by atoms with Crippen molar-refractivity contribution in [3.05, 3.63) is 124 Å². The maximum absolute atomic E-state index is 13.3. The van der Waals surface area contributed by atoms with Crippen molar-refractivity contribution in [1.29, 1.82) is 0 Å². The first-order valence-electron chi connectivity index (χ1n) is 32.4. The summed E-state index contributed by atoms with van der Waals surface area (Å²) in [6.45, 7) is 13.3. The number of carbonyl (C=O) groups is 8. The molecular formula is C76H117N5O16. The Balaban J connectivity index is 0.000000651. The first-order valence-corrected chi connectivity index (χ1v) is 32.4. The molecule has 3 aromatic rings. The zero-order valence-corrected chi connectivity index (χ0v) is 56.1. The minimum atomic E-state index is -0.829. The van der Waals surface area contributed by atoms with Crippen molar-refractivity contribution < 1.29 is 77.0 Å². The van der Waals surface area contributed by atoms with Gasteiger partial charge in [0.15, 0.2) is 17.3 Å². The van der Waals surface area contributed by atoms with Gasteiger partial charge in [0.25, 0.3) is 0 Å². The van der Waals surface area contributed by atoms with Crippen molar-refractivity contribution in [1.82, 2.24) is 10.6 Å². The van der Waals surface area contributed by atoms with E-state index in [4.69, 9.17) is 55.8 Å². The number of ketones is 4. The van der Waals surface area contributed by atoms with Crippen LogP contribution in [0.15, 0.2) is 108 Å². The summed E-state index contributed by atoms with van der Waals surface area (Å²) >= 11 is 0. The number of benzene rings is 3. The second-order valence-corrected chi connectivity index (χ2v) is 25.9. The fourth-order valence-corrected chi connectivity index (χ4v) is 10.6. The van der Waals surface area contributed by atoms with Crippen LogP contribution in [0.2, 0.25) is 0 Å².